The Bertz CT molecular complexity index is 620. The number of anilines is 1. The number of rotatable bonds is 6. The molecule has 23 heavy (non-hydrogen) atoms. The number of allylic oxidation sites excluding steroid dienone is 1. The third-order valence-electron chi connectivity index (χ3n) is 3.42. The molecule has 0 radical (unpaired) electrons. The molecule has 0 saturated carbocycles. The summed E-state index contributed by atoms with van der Waals surface area (Å²) in [5.41, 5.74) is 1.37. The molecule has 1 N–H and O–H groups in total. The van der Waals surface area contributed by atoms with E-state index in [9.17, 15) is 13.6 Å². The highest BCUT2D eigenvalue weighted by Crippen LogP contribution is 2.38. The minimum Gasteiger partial charge on any atom is -0.433 e. The van der Waals surface area contributed by atoms with Gasteiger partial charge in [-0.05, 0) is 31.6 Å². The summed E-state index contributed by atoms with van der Waals surface area (Å²) < 4.78 is 29.3. The minimum absolute atomic E-state index is 0.00811. The van der Waals surface area contributed by atoms with Crippen LogP contribution < -0.4 is 10.1 Å². The lowest BCUT2D eigenvalue weighted by atomic mass is 10.1. The molecule has 0 atom stereocenters. The molecule has 1 aromatic rings. The van der Waals surface area contributed by atoms with Crippen LogP contribution in [0.2, 0.25) is 5.02 Å². The van der Waals surface area contributed by atoms with Gasteiger partial charge in [0, 0.05) is 17.8 Å². The fourth-order valence-electron chi connectivity index (χ4n) is 2.42. The number of alkyl halides is 2. The number of nitrogens with zero attached hydrogens (tertiary/aromatic N) is 1. The van der Waals surface area contributed by atoms with Crippen LogP contribution >= 0.6 is 11.6 Å². The van der Waals surface area contributed by atoms with E-state index in [-0.39, 0.29) is 23.1 Å². The molecule has 0 spiro atoms. The van der Waals surface area contributed by atoms with Gasteiger partial charge >= 0.3 is 6.61 Å². The second-order valence-corrected chi connectivity index (χ2v) is 5.72. The lowest BCUT2D eigenvalue weighted by molar-refractivity contribution is -0.117. The molecular formula is C16H19ClF2N2O2. The van der Waals surface area contributed by atoms with Crippen LogP contribution in [0.1, 0.15) is 32.3 Å². The van der Waals surface area contributed by atoms with Gasteiger partial charge in [0.25, 0.3) is 0 Å². The molecule has 0 aromatic heterocycles. The Morgan fingerprint density at radius 1 is 1.52 bits per heavy atom. The molecule has 0 saturated heterocycles. The highest BCUT2D eigenvalue weighted by atomic mass is 35.5. The van der Waals surface area contributed by atoms with E-state index in [1.807, 2.05) is 11.0 Å². The Balaban J connectivity index is 2.35. The van der Waals surface area contributed by atoms with Gasteiger partial charge in [-0.1, -0.05) is 24.9 Å². The van der Waals surface area contributed by atoms with Crippen molar-refractivity contribution in [2.75, 3.05) is 11.9 Å². The van der Waals surface area contributed by atoms with E-state index >= 15 is 0 Å². The maximum Gasteiger partial charge on any atom is 0.387 e. The van der Waals surface area contributed by atoms with Crippen molar-refractivity contribution in [3.8, 4) is 5.75 Å². The summed E-state index contributed by atoms with van der Waals surface area (Å²) in [6.07, 6.45) is 3.86. The Morgan fingerprint density at radius 3 is 2.87 bits per heavy atom. The van der Waals surface area contributed by atoms with Gasteiger partial charge < -0.3 is 15.0 Å². The van der Waals surface area contributed by atoms with Crippen molar-refractivity contribution in [2.45, 2.75) is 39.8 Å². The zero-order valence-corrected chi connectivity index (χ0v) is 13.8. The number of halogens is 3. The third-order valence-corrected chi connectivity index (χ3v) is 3.83. The molecule has 0 fully saturated rings. The zero-order valence-electron chi connectivity index (χ0n) is 13.0. The third kappa shape index (κ3) is 4.34. The molecule has 2 rings (SSSR count). The van der Waals surface area contributed by atoms with E-state index in [1.54, 1.807) is 6.07 Å². The highest BCUT2D eigenvalue weighted by Gasteiger charge is 2.25. The van der Waals surface area contributed by atoms with E-state index in [1.165, 1.54) is 13.0 Å². The second kappa shape index (κ2) is 7.64. The van der Waals surface area contributed by atoms with Gasteiger partial charge in [0.2, 0.25) is 0 Å². The molecule has 7 heteroatoms. The predicted octanol–water partition coefficient (Wildman–Crippen LogP) is 4.40. The van der Waals surface area contributed by atoms with Crippen molar-refractivity contribution in [3.63, 3.8) is 0 Å². The zero-order chi connectivity index (χ0) is 17.0. The van der Waals surface area contributed by atoms with Gasteiger partial charge in [-0.25, -0.2) is 0 Å². The van der Waals surface area contributed by atoms with Crippen molar-refractivity contribution in [3.05, 3.63) is 34.6 Å². The van der Waals surface area contributed by atoms with E-state index < -0.39 is 6.61 Å². The molecule has 0 aliphatic carbocycles. The van der Waals surface area contributed by atoms with Gasteiger partial charge in [0.05, 0.1) is 11.6 Å². The van der Waals surface area contributed by atoms with E-state index in [4.69, 9.17) is 11.6 Å². The lowest BCUT2D eigenvalue weighted by Crippen LogP contribution is -2.35. The number of Topliss-reactive ketones (excluding diaryl/α,β-unsaturated/α-hetero) is 1. The largest absolute Gasteiger partial charge is 0.433 e. The van der Waals surface area contributed by atoms with Crippen LogP contribution in [0, 0.1) is 0 Å². The first-order valence-corrected chi connectivity index (χ1v) is 7.78. The molecule has 1 aliphatic rings. The number of unbranched alkanes of at least 4 members (excludes halogenated alkanes) is 1. The van der Waals surface area contributed by atoms with Gasteiger partial charge in [-0.15, -0.1) is 0 Å². The fraction of sp³-hybridized carbons (Fsp3) is 0.438. The van der Waals surface area contributed by atoms with E-state index in [0.717, 1.165) is 24.4 Å². The molecule has 126 valence electrons. The first kappa shape index (κ1) is 17.5. The van der Waals surface area contributed by atoms with Gasteiger partial charge in [0.15, 0.2) is 0 Å². The summed E-state index contributed by atoms with van der Waals surface area (Å²) >= 11 is 6.20. The van der Waals surface area contributed by atoms with Gasteiger partial charge in [0.1, 0.15) is 17.4 Å². The van der Waals surface area contributed by atoms with Crippen LogP contribution in [0.15, 0.2) is 24.0 Å². The van der Waals surface area contributed by atoms with Crippen molar-refractivity contribution in [1.82, 2.24) is 4.90 Å². The van der Waals surface area contributed by atoms with E-state index in [2.05, 4.69) is 17.0 Å². The Kier molecular flexibility index (Phi) is 5.82. The lowest BCUT2D eigenvalue weighted by Gasteiger charge is -2.34. The van der Waals surface area contributed by atoms with Crippen LogP contribution in [0.25, 0.3) is 0 Å². The second-order valence-electron chi connectivity index (χ2n) is 5.34. The topological polar surface area (TPSA) is 41.6 Å². The summed E-state index contributed by atoms with van der Waals surface area (Å²) in [6.45, 7) is 1.21. The van der Waals surface area contributed by atoms with Crippen molar-refractivity contribution >= 4 is 23.1 Å². The summed E-state index contributed by atoms with van der Waals surface area (Å²) in [5, 5.41) is 3.35. The molecule has 0 unspecified atom stereocenters. The smallest absolute Gasteiger partial charge is 0.387 e. The number of ether oxygens (including phenoxy) is 1. The molecule has 1 aliphatic heterocycles. The van der Waals surface area contributed by atoms with Crippen LogP contribution in [-0.4, -0.2) is 23.8 Å². The van der Waals surface area contributed by atoms with Gasteiger partial charge in [-0.3, -0.25) is 4.79 Å². The number of benzene rings is 1. The first-order chi connectivity index (χ1) is 10.9. The molecular weight excluding hydrogens is 326 g/mol. The minimum atomic E-state index is -2.93. The predicted molar refractivity (Wildman–Crippen MR) is 85.8 cm³/mol. The molecule has 0 bridgehead atoms. The van der Waals surface area contributed by atoms with Crippen molar-refractivity contribution in [1.29, 1.82) is 0 Å². The van der Waals surface area contributed by atoms with Gasteiger partial charge in [-0.2, -0.15) is 8.78 Å². The Hall–Kier alpha value is -1.82. The summed E-state index contributed by atoms with van der Waals surface area (Å²) in [7, 11) is 0. The number of carbonyl (C=O) groups excluding carboxylic acids is 1. The van der Waals surface area contributed by atoms with Crippen molar-refractivity contribution < 1.29 is 18.3 Å². The maximum absolute atomic E-state index is 12.4. The summed E-state index contributed by atoms with van der Waals surface area (Å²) in [5.74, 6) is 0.771. The quantitative estimate of drug-likeness (QED) is 0.830. The SMILES string of the molecule is CCC/C=C1\Nc2ccc(OC(F)F)c(Cl)c2CN1CC(C)=O. The number of carbonyl (C=O) groups is 1. The van der Waals surface area contributed by atoms with Crippen LogP contribution in [-0.2, 0) is 11.3 Å². The molecule has 0 amide bonds. The fourth-order valence-corrected chi connectivity index (χ4v) is 2.69. The highest BCUT2D eigenvalue weighted by molar-refractivity contribution is 6.33. The average Bonchev–Trinajstić information content (AvgIpc) is 2.48. The normalized spacial score (nSPS) is 15.6. The molecule has 1 heterocycles. The Morgan fingerprint density at radius 2 is 2.26 bits per heavy atom. The monoisotopic (exact) mass is 344 g/mol. The Labute approximate surface area is 139 Å². The van der Waals surface area contributed by atoms with Crippen LogP contribution in [0.5, 0.6) is 5.75 Å². The van der Waals surface area contributed by atoms with Crippen molar-refractivity contribution in [2.24, 2.45) is 0 Å². The summed E-state index contributed by atoms with van der Waals surface area (Å²) in [6, 6.07) is 3.07. The van der Waals surface area contributed by atoms with Crippen LogP contribution in [0.4, 0.5) is 14.5 Å². The number of nitrogens with one attached hydrogen (secondary N) is 1. The van der Waals surface area contributed by atoms with Crippen LogP contribution in [0.3, 0.4) is 0 Å². The first-order valence-electron chi connectivity index (χ1n) is 7.40. The average molecular weight is 345 g/mol. The standard InChI is InChI=1S/C16H19ClF2N2O2/c1-3-4-5-14-20-12-6-7-13(23-16(18)19)15(17)11(12)9-21(14)8-10(2)22/h5-7,16,20H,3-4,8-9H2,1-2H3/b14-5+. The van der Waals surface area contributed by atoms with E-state index in [0.29, 0.717) is 12.1 Å². The molecule has 1 aromatic carbocycles. The number of ketones is 1. The molecule has 4 nitrogen and oxygen atoms in total. The number of hydrogen-bond donors (Lipinski definition) is 1. The summed E-state index contributed by atoms with van der Waals surface area (Å²) in [4.78, 5) is 13.3. The number of fused-ring (bicyclic) bond motifs is 1. The maximum atomic E-state index is 12.4. The number of hydrogen-bond acceptors (Lipinski definition) is 4.